The van der Waals surface area contributed by atoms with E-state index in [0.29, 0.717) is 54.4 Å². The monoisotopic (exact) mass is 632 g/mol. The Labute approximate surface area is 252 Å². The molecule has 2 aliphatic rings. The third kappa shape index (κ3) is 6.91. The summed E-state index contributed by atoms with van der Waals surface area (Å²) in [7, 11) is -0.973. The van der Waals surface area contributed by atoms with Crippen LogP contribution in [0.5, 0.6) is 5.75 Å². The maximum absolute atomic E-state index is 13.6. The first-order valence-electron chi connectivity index (χ1n) is 13.7. The molecule has 0 amide bonds. The Bertz CT molecular complexity index is 1640. The maximum atomic E-state index is 13.6. The number of benzene rings is 1. The first-order chi connectivity index (χ1) is 20.4. The summed E-state index contributed by atoms with van der Waals surface area (Å²) in [6.07, 6.45) is 1.53. The van der Waals surface area contributed by atoms with E-state index in [2.05, 4.69) is 38.5 Å². The Morgan fingerprint density at radius 2 is 1.98 bits per heavy atom. The zero-order chi connectivity index (χ0) is 30.8. The second-order valence-electron chi connectivity index (χ2n) is 10.9. The summed E-state index contributed by atoms with van der Waals surface area (Å²) in [5.74, 6) is 6.76. The predicted octanol–water partition coefficient (Wildman–Crippen LogP) is 4.84. The highest BCUT2D eigenvalue weighted by Crippen LogP contribution is 2.41. The molecule has 0 unspecified atom stereocenters. The Morgan fingerprint density at radius 1 is 1.23 bits per heavy atom. The molecule has 228 valence electrons. The molecule has 2 aliphatic heterocycles. The van der Waals surface area contributed by atoms with Gasteiger partial charge in [-0.2, -0.15) is 23.5 Å². The van der Waals surface area contributed by atoms with Gasteiger partial charge in [0.2, 0.25) is 0 Å². The number of halogens is 3. The zero-order valence-corrected chi connectivity index (χ0v) is 25.7. The van der Waals surface area contributed by atoms with Gasteiger partial charge in [-0.3, -0.25) is 4.90 Å². The van der Waals surface area contributed by atoms with Gasteiger partial charge < -0.3 is 24.7 Å². The highest BCUT2D eigenvalue weighted by atomic mass is 32.2. The number of methoxy groups -OCH3 is 1. The molecule has 2 saturated heterocycles. The van der Waals surface area contributed by atoms with Crippen LogP contribution in [-0.4, -0.2) is 84.9 Å². The highest BCUT2D eigenvalue weighted by Gasteiger charge is 2.45. The van der Waals surface area contributed by atoms with Crippen LogP contribution in [0.25, 0.3) is 5.52 Å². The number of anilines is 2. The Hall–Kier alpha value is -3.35. The normalized spacial score (nSPS) is 17.4. The summed E-state index contributed by atoms with van der Waals surface area (Å²) in [6.45, 7) is 5.72. The van der Waals surface area contributed by atoms with E-state index in [1.165, 1.54) is 11.6 Å². The molecule has 3 aromatic rings. The molecule has 0 saturated carbocycles. The van der Waals surface area contributed by atoms with Gasteiger partial charge >= 0.3 is 5.51 Å². The van der Waals surface area contributed by atoms with Crippen LogP contribution < -0.4 is 20.7 Å². The number of rotatable bonds is 8. The Morgan fingerprint density at radius 3 is 2.58 bits per heavy atom. The van der Waals surface area contributed by atoms with E-state index in [0.717, 1.165) is 12.8 Å². The molecule has 2 fully saturated rings. The molecule has 43 heavy (non-hydrogen) atoms. The molecule has 0 atom stereocenters. The SMILES string of the molecule is COc1cc(P(C)(C)=O)ccc1NCC#Cc1nn2c(NC3CCN(C4(C#N)COC4)CC3)cccc2c1SC(F)(F)F. The van der Waals surface area contributed by atoms with Crippen molar-refractivity contribution in [3.8, 4) is 23.7 Å². The molecule has 0 spiro atoms. The summed E-state index contributed by atoms with van der Waals surface area (Å²) in [4.78, 5) is 2.09. The van der Waals surface area contributed by atoms with Crippen LogP contribution in [-0.2, 0) is 9.30 Å². The summed E-state index contributed by atoms with van der Waals surface area (Å²) < 4.78 is 65.3. The van der Waals surface area contributed by atoms with Crippen LogP contribution in [0.3, 0.4) is 0 Å². The molecular weight excluding hydrogens is 600 g/mol. The van der Waals surface area contributed by atoms with Crippen LogP contribution in [0.15, 0.2) is 41.3 Å². The fourth-order valence-corrected chi connectivity index (χ4v) is 6.70. The number of hydrogen-bond donors (Lipinski definition) is 2. The summed E-state index contributed by atoms with van der Waals surface area (Å²) >= 11 is -0.233. The molecular formula is C29H32F3N6O3PS. The van der Waals surface area contributed by atoms with E-state index in [1.54, 1.807) is 49.7 Å². The van der Waals surface area contributed by atoms with Crippen molar-refractivity contribution in [1.82, 2.24) is 14.5 Å². The van der Waals surface area contributed by atoms with Crippen LogP contribution in [0, 0.1) is 23.2 Å². The summed E-state index contributed by atoms with van der Waals surface area (Å²) in [6, 6.07) is 12.7. The standard InChI is InChI=1S/C29H32F3N6O3PS/c1-40-25-16-21(42(2,3)39)9-10-22(25)34-13-5-6-23-27(43-29(30,31)32)24-7-4-8-26(38(24)36-23)35-20-11-14-37(15-12-20)28(17-33)18-41-19-28/h4,7-10,16,20,34-35H,11-15,18-19H2,1-3H3. The van der Waals surface area contributed by atoms with Crippen LogP contribution >= 0.6 is 18.9 Å². The van der Waals surface area contributed by atoms with Crippen molar-refractivity contribution in [2.24, 2.45) is 0 Å². The van der Waals surface area contributed by atoms with Crippen molar-refractivity contribution in [3.63, 3.8) is 0 Å². The van der Waals surface area contributed by atoms with E-state index in [9.17, 15) is 23.0 Å². The lowest BCUT2D eigenvalue weighted by Crippen LogP contribution is -2.63. The van der Waals surface area contributed by atoms with Gasteiger partial charge in [0.15, 0.2) is 5.54 Å². The quantitative estimate of drug-likeness (QED) is 0.205. The number of alkyl halides is 3. The number of fused-ring (bicyclic) bond motifs is 1. The van der Waals surface area contributed by atoms with Crippen molar-refractivity contribution in [2.75, 3.05) is 63.9 Å². The molecule has 0 aliphatic carbocycles. The van der Waals surface area contributed by atoms with E-state index < -0.39 is 18.2 Å². The number of nitrogens with zero attached hydrogens (tertiary/aromatic N) is 4. The lowest BCUT2D eigenvalue weighted by Gasteiger charge is -2.47. The average Bonchev–Trinajstić information content (AvgIpc) is 3.27. The van der Waals surface area contributed by atoms with Gasteiger partial charge in [-0.05, 0) is 74.2 Å². The molecule has 2 aromatic heterocycles. The molecule has 5 rings (SSSR count). The van der Waals surface area contributed by atoms with E-state index in [1.807, 2.05) is 0 Å². The van der Waals surface area contributed by atoms with Crippen molar-refractivity contribution in [2.45, 2.75) is 34.8 Å². The third-order valence-electron chi connectivity index (χ3n) is 7.55. The second-order valence-corrected chi connectivity index (χ2v) is 15.2. The van der Waals surface area contributed by atoms with E-state index in [-0.39, 0.29) is 34.9 Å². The minimum Gasteiger partial charge on any atom is -0.495 e. The number of nitriles is 1. The summed E-state index contributed by atoms with van der Waals surface area (Å²) in [5.41, 5.74) is -4.13. The van der Waals surface area contributed by atoms with Crippen molar-refractivity contribution < 1.29 is 27.2 Å². The molecule has 4 heterocycles. The molecule has 9 nitrogen and oxygen atoms in total. The number of aromatic nitrogens is 2. The maximum Gasteiger partial charge on any atom is 0.446 e. The summed E-state index contributed by atoms with van der Waals surface area (Å²) in [5, 5.41) is 21.3. The average molecular weight is 633 g/mol. The number of thioether (sulfide) groups is 1. The molecule has 14 heteroatoms. The van der Waals surface area contributed by atoms with Gasteiger partial charge in [0, 0.05) is 24.4 Å². The zero-order valence-electron chi connectivity index (χ0n) is 24.0. The first kappa shape index (κ1) is 31.1. The molecule has 0 bridgehead atoms. The fraction of sp³-hybridized carbons (Fsp3) is 0.448. The van der Waals surface area contributed by atoms with Gasteiger partial charge in [-0.25, -0.2) is 4.52 Å². The first-order valence-corrected chi connectivity index (χ1v) is 17.1. The Kier molecular flexibility index (Phi) is 8.92. The smallest absolute Gasteiger partial charge is 0.446 e. The second kappa shape index (κ2) is 12.3. The number of ether oxygens (including phenoxy) is 2. The van der Waals surface area contributed by atoms with Gasteiger partial charge in [0.25, 0.3) is 0 Å². The number of nitrogens with one attached hydrogen (secondary N) is 2. The fourth-order valence-electron chi connectivity index (χ4n) is 5.16. The van der Waals surface area contributed by atoms with Crippen LogP contribution in [0.2, 0.25) is 0 Å². The number of pyridine rings is 1. The third-order valence-corrected chi connectivity index (χ3v) is 9.91. The van der Waals surface area contributed by atoms with Crippen LogP contribution in [0.1, 0.15) is 18.5 Å². The molecule has 0 radical (unpaired) electrons. The lowest BCUT2D eigenvalue weighted by atomic mass is 9.92. The molecule has 2 N–H and O–H groups in total. The predicted molar refractivity (Wildman–Crippen MR) is 162 cm³/mol. The van der Waals surface area contributed by atoms with Gasteiger partial charge in [-0.15, -0.1) is 0 Å². The van der Waals surface area contributed by atoms with Gasteiger partial charge in [0.05, 0.1) is 49.0 Å². The highest BCUT2D eigenvalue weighted by molar-refractivity contribution is 8.00. The van der Waals surface area contributed by atoms with Gasteiger partial charge in [0.1, 0.15) is 24.4 Å². The molecule has 1 aromatic carbocycles. The lowest BCUT2D eigenvalue weighted by molar-refractivity contribution is -0.113. The van der Waals surface area contributed by atoms with E-state index in [4.69, 9.17) is 9.47 Å². The van der Waals surface area contributed by atoms with Crippen molar-refractivity contribution >= 4 is 41.2 Å². The number of likely N-dealkylation sites (tertiary alicyclic amines) is 1. The minimum atomic E-state index is -4.52. The van der Waals surface area contributed by atoms with Crippen molar-refractivity contribution in [1.29, 1.82) is 5.26 Å². The topological polar surface area (TPSA) is 104 Å². The van der Waals surface area contributed by atoms with E-state index >= 15 is 0 Å². The number of hydrogen-bond acceptors (Lipinski definition) is 9. The largest absolute Gasteiger partial charge is 0.495 e. The number of piperidine rings is 1. The van der Waals surface area contributed by atoms with Crippen molar-refractivity contribution in [3.05, 3.63) is 42.1 Å². The minimum absolute atomic E-state index is 0.0226. The Balaban J connectivity index is 1.34. The van der Waals surface area contributed by atoms with Gasteiger partial charge in [-0.1, -0.05) is 12.0 Å². The van der Waals surface area contributed by atoms with Crippen LogP contribution in [0.4, 0.5) is 24.7 Å².